The van der Waals surface area contributed by atoms with Crippen molar-refractivity contribution in [3.63, 3.8) is 0 Å². The molecule has 0 atom stereocenters. The minimum Gasteiger partial charge on any atom is -0.366 e. The summed E-state index contributed by atoms with van der Waals surface area (Å²) in [4.78, 5) is 24.2. The number of primary amides is 1. The molecule has 4 N–H and O–H groups in total. The maximum absolute atomic E-state index is 12.6. The van der Waals surface area contributed by atoms with Crippen LogP contribution in [0.15, 0.2) is 77.7 Å². The monoisotopic (exact) mass is 409 g/mol. The first kappa shape index (κ1) is 20.1. The van der Waals surface area contributed by atoms with E-state index < -0.39 is 21.8 Å². The molecular weight excluding hydrogens is 390 g/mol. The fourth-order valence-corrected chi connectivity index (χ4v) is 3.71. The predicted molar refractivity (Wildman–Crippen MR) is 111 cm³/mol. The molecule has 3 rings (SSSR count). The van der Waals surface area contributed by atoms with Crippen LogP contribution >= 0.6 is 0 Å². The van der Waals surface area contributed by atoms with Gasteiger partial charge in [0.25, 0.3) is 21.8 Å². The Morgan fingerprint density at radius 1 is 0.897 bits per heavy atom. The number of rotatable bonds is 6. The van der Waals surface area contributed by atoms with Gasteiger partial charge in [0.2, 0.25) is 0 Å². The van der Waals surface area contributed by atoms with Crippen LogP contribution in [0.25, 0.3) is 0 Å². The molecule has 0 aromatic heterocycles. The number of aryl methyl sites for hydroxylation is 1. The second-order valence-electron chi connectivity index (χ2n) is 6.36. The van der Waals surface area contributed by atoms with Crippen molar-refractivity contribution in [1.82, 2.24) is 0 Å². The molecule has 0 fully saturated rings. The van der Waals surface area contributed by atoms with E-state index >= 15 is 0 Å². The molecule has 0 heterocycles. The van der Waals surface area contributed by atoms with E-state index in [1.807, 2.05) is 6.92 Å². The van der Waals surface area contributed by atoms with Gasteiger partial charge in [-0.1, -0.05) is 35.9 Å². The van der Waals surface area contributed by atoms with Gasteiger partial charge in [0.05, 0.1) is 16.1 Å². The van der Waals surface area contributed by atoms with Crippen molar-refractivity contribution in [1.29, 1.82) is 0 Å². The Morgan fingerprint density at radius 2 is 1.59 bits per heavy atom. The molecule has 3 aromatic rings. The van der Waals surface area contributed by atoms with Gasteiger partial charge < -0.3 is 11.1 Å². The van der Waals surface area contributed by atoms with Crippen LogP contribution in [0.2, 0.25) is 0 Å². The molecule has 148 valence electrons. The number of carbonyl (C=O) groups excluding carboxylic acids is 2. The van der Waals surface area contributed by atoms with Crippen LogP contribution in [0.1, 0.15) is 26.3 Å². The predicted octanol–water partition coefficient (Wildman–Crippen LogP) is 3.15. The number of hydrogen-bond donors (Lipinski definition) is 3. The van der Waals surface area contributed by atoms with Gasteiger partial charge in [0.15, 0.2) is 0 Å². The first-order valence-electron chi connectivity index (χ1n) is 8.66. The van der Waals surface area contributed by atoms with Gasteiger partial charge in [-0.05, 0) is 49.4 Å². The van der Waals surface area contributed by atoms with E-state index in [4.69, 9.17) is 5.73 Å². The van der Waals surface area contributed by atoms with Crippen molar-refractivity contribution >= 4 is 33.2 Å². The number of para-hydroxylation sites is 1. The van der Waals surface area contributed by atoms with E-state index in [1.54, 1.807) is 42.5 Å². The van der Waals surface area contributed by atoms with Gasteiger partial charge in [0, 0.05) is 11.3 Å². The van der Waals surface area contributed by atoms with E-state index in [9.17, 15) is 18.0 Å². The Kier molecular flexibility index (Phi) is 5.65. The lowest BCUT2D eigenvalue weighted by Crippen LogP contribution is -2.18. The first-order valence-corrected chi connectivity index (χ1v) is 10.1. The maximum Gasteiger partial charge on any atom is 0.261 e. The lowest BCUT2D eigenvalue weighted by molar-refractivity contribution is 0.100. The summed E-state index contributed by atoms with van der Waals surface area (Å²) >= 11 is 0. The smallest absolute Gasteiger partial charge is 0.261 e. The van der Waals surface area contributed by atoms with Gasteiger partial charge in [-0.15, -0.1) is 0 Å². The minimum atomic E-state index is -3.79. The number of sulfonamides is 1. The summed E-state index contributed by atoms with van der Waals surface area (Å²) in [7, 11) is -3.79. The molecule has 0 aliphatic rings. The zero-order valence-electron chi connectivity index (χ0n) is 15.5. The van der Waals surface area contributed by atoms with Crippen molar-refractivity contribution in [2.45, 2.75) is 11.8 Å². The van der Waals surface area contributed by atoms with E-state index in [0.29, 0.717) is 0 Å². The standard InChI is InChI=1S/C21H19N3O4S/c1-14-9-11-17(12-10-14)29(27,28)24-16-6-4-5-15(13-16)21(26)23-19-8-3-2-7-18(19)20(22)25/h2-13,24H,1H3,(H2,22,25)(H,23,26). The number of hydrogen-bond acceptors (Lipinski definition) is 4. The Bertz CT molecular complexity index is 1170. The quantitative estimate of drug-likeness (QED) is 0.579. The molecule has 0 aliphatic carbocycles. The van der Waals surface area contributed by atoms with Crippen LogP contribution in [-0.4, -0.2) is 20.2 Å². The lowest BCUT2D eigenvalue weighted by atomic mass is 10.1. The normalized spacial score (nSPS) is 10.9. The largest absolute Gasteiger partial charge is 0.366 e. The highest BCUT2D eigenvalue weighted by Crippen LogP contribution is 2.20. The first-order chi connectivity index (χ1) is 13.8. The maximum atomic E-state index is 12.6. The summed E-state index contributed by atoms with van der Waals surface area (Å²) in [6, 6.07) is 18.8. The van der Waals surface area contributed by atoms with E-state index in [0.717, 1.165) is 5.56 Å². The molecule has 0 spiro atoms. The van der Waals surface area contributed by atoms with Crippen molar-refractivity contribution in [3.05, 3.63) is 89.5 Å². The molecule has 7 nitrogen and oxygen atoms in total. The summed E-state index contributed by atoms with van der Waals surface area (Å²) < 4.78 is 27.5. The molecule has 0 saturated carbocycles. The third kappa shape index (κ3) is 4.80. The van der Waals surface area contributed by atoms with Gasteiger partial charge in [-0.25, -0.2) is 8.42 Å². The average molecular weight is 409 g/mol. The van der Waals surface area contributed by atoms with Crippen LogP contribution in [0.5, 0.6) is 0 Å². The average Bonchev–Trinajstić information content (AvgIpc) is 2.68. The number of nitrogens with one attached hydrogen (secondary N) is 2. The number of amides is 2. The molecule has 8 heteroatoms. The molecule has 0 saturated heterocycles. The minimum absolute atomic E-state index is 0.119. The van der Waals surface area contributed by atoms with Crippen LogP contribution in [0, 0.1) is 6.92 Å². The second-order valence-corrected chi connectivity index (χ2v) is 8.05. The molecule has 0 radical (unpaired) electrons. The highest BCUT2D eigenvalue weighted by atomic mass is 32.2. The fraction of sp³-hybridized carbons (Fsp3) is 0.0476. The molecule has 0 bridgehead atoms. The highest BCUT2D eigenvalue weighted by molar-refractivity contribution is 7.92. The Balaban J connectivity index is 1.82. The summed E-state index contributed by atoms with van der Waals surface area (Å²) in [6.07, 6.45) is 0. The third-order valence-electron chi connectivity index (χ3n) is 4.15. The summed E-state index contributed by atoms with van der Waals surface area (Å²) in [6.45, 7) is 1.86. The second kappa shape index (κ2) is 8.15. The Morgan fingerprint density at radius 3 is 2.28 bits per heavy atom. The lowest BCUT2D eigenvalue weighted by Gasteiger charge is -2.11. The molecule has 0 unspecified atom stereocenters. The van der Waals surface area contributed by atoms with E-state index in [1.165, 1.54) is 30.3 Å². The van der Waals surface area contributed by atoms with Crippen LogP contribution in [0.3, 0.4) is 0 Å². The van der Waals surface area contributed by atoms with Crippen LogP contribution < -0.4 is 15.8 Å². The number of nitrogens with two attached hydrogens (primary N) is 1. The molecule has 2 amide bonds. The summed E-state index contributed by atoms with van der Waals surface area (Å²) in [5, 5.41) is 2.62. The van der Waals surface area contributed by atoms with Crippen molar-refractivity contribution in [2.24, 2.45) is 5.73 Å². The van der Waals surface area contributed by atoms with Gasteiger partial charge in [-0.2, -0.15) is 0 Å². The van der Waals surface area contributed by atoms with E-state index in [-0.39, 0.29) is 27.4 Å². The summed E-state index contributed by atoms with van der Waals surface area (Å²) in [5.41, 5.74) is 7.17. The number of anilines is 2. The van der Waals surface area contributed by atoms with Crippen molar-refractivity contribution in [2.75, 3.05) is 10.0 Å². The van der Waals surface area contributed by atoms with Gasteiger partial charge in [-0.3, -0.25) is 14.3 Å². The van der Waals surface area contributed by atoms with Crippen LogP contribution in [-0.2, 0) is 10.0 Å². The van der Waals surface area contributed by atoms with Gasteiger partial charge >= 0.3 is 0 Å². The SMILES string of the molecule is Cc1ccc(S(=O)(=O)Nc2cccc(C(=O)Nc3ccccc3C(N)=O)c2)cc1. The number of carbonyl (C=O) groups is 2. The molecule has 0 aliphatic heterocycles. The van der Waals surface area contributed by atoms with Crippen LogP contribution in [0.4, 0.5) is 11.4 Å². The molecular formula is C21H19N3O4S. The van der Waals surface area contributed by atoms with Crippen molar-refractivity contribution < 1.29 is 18.0 Å². The van der Waals surface area contributed by atoms with Crippen molar-refractivity contribution in [3.8, 4) is 0 Å². The fourth-order valence-electron chi connectivity index (χ4n) is 2.66. The zero-order chi connectivity index (χ0) is 21.0. The summed E-state index contributed by atoms with van der Waals surface area (Å²) in [5.74, 6) is -1.17. The third-order valence-corrected chi connectivity index (χ3v) is 5.55. The number of benzene rings is 3. The van der Waals surface area contributed by atoms with E-state index in [2.05, 4.69) is 10.0 Å². The molecule has 3 aromatic carbocycles. The topological polar surface area (TPSA) is 118 Å². The Hall–Kier alpha value is -3.65. The Labute approximate surface area is 168 Å². The zero-order valence-corrected chi connectivity index (χ0v) is 16.4. The highest BCUT2D eigenvalue weighted by Gasteiger charge is 2.16. The molecule has 29 heavy (non-hydrogen) atoms. The van der Waals surface area contributed by atoms with Gasteiger partial charge in [0.1, 0.15) is 0 Å².